The maximum Gasteiger partial charge on any atom is 0.151 e. The van der Waals surface area contributed by atoms with Crippen LogP contribution in [0.5, 0.6) is 0 Å². The van der Waals surface area contributed by atoms with E-state index >= 15 is 0 Å². The molecule has 12 heavy (non-hydrogen) atoms. The van der Waals surface area contributed by atoms with Crippen molar-refractivity contribution >= 4 is 21.7 Å². The largest absolute Gasteiger partial charge is 0.374 e. The lowest BCUT2D eigenvalue weighted by Crippen LogP contribution is -2.31. The first-order valence-corrected chi connectivity index (χ1v) is 5.46. The summed E-state index contributed by atoms with van der Waals surface area (Å²) in [5.74, 6) is 0.323. The van der Waals surface area contributed by atoms with Gasteiger partial charge in [-0.1, -0.05) is 15.9 Å². The molecule has 68 valence electrons. The highest BCUT2D eigenvalue weighted by atomic mass is 79.9. The molecule has 1 aliphatic heterocycles. The topological polar surface area (TPSA) is 26.3 Å². The lowest BCUT2D eigenvalue weighted by Gasteiger charge is -2.24. The first-order chi connectivity index (χ1) is 5.60. The monoisotopic (exact) mass is 232 g/mol. The highest BCUT2D eigenvalue weighted by Gasteiger charge is 2.56. The second-order valence-electron chi connectivity index (χ2n) is 4.25. The second kappa shape index (κ2) is 2.55. The Labute approximate surface area is 80.8 Å². The Bertz CT molecular complexity index is 217. The molecule has 0 unspecified atom stereocenters. The van der Waals surface area contributed by atoms with E-state index in [4.69, 9.17) is 4.74 Å². The molecule has 0 aromatic heterocycles. The van der Waals surface area contributed by atoms with Crippen molar-refractivity contribution in [1.29, 1.82) is 0 Å². The van der Waals surface area contributed by atoms with Crippen molar-refractivity contribution in [1.82, 2.24) is 0 Å². The number of fused-ring (bicyclic) bond motifs is 2. The van der Waals surface area contributed by atoms with Gasteiger partial charge in [0.1, 0.15) is 0 Å². The molecule has 2 nitrogen and oxygen atoms in total. The summed E-state index contributed by atoms with van der Waals surface area (Å²) in [6.45, 7) is 2.76. The third-order valence-corrected chi connectivity index (χ3v) is 3.76. The van der Waals surface area contributed by atoms with E-state index in [1.807, 2.05) is 0 Å². The molecule has 2 rings (SSSR count). The highest BCUT2D eigenvalue weighted by molar-refractivity contribution is 9.09. The van der Waals surface area contributed by atoms with Crippen LogP contribution < -0.4 is 0 Å². The van der Waals surface area contributed by atoms with Gasteiger partial charge in [-0.3, -0.25) is 4.79 Å². The quantitative estimate of drug-likeness (QED) is 0.681. The molecule has 2 bridgehead atoms. The van der Waals surface area contributed by atoms with E-state index in [1.54, 1.807) is 0 Å². The van der Waals surface area contributed by atoms with Gasteiger partial charge < -0.3 is 4.74 Å². The lowest BCUT2D eigenvalue weighted by molar-refractivity contribution is -0.127. The van der Waals surface area contributed by atoms with E-state index in [0.717, 1.165) is 19.3 Å². The number of carbonyl (C=O) groups excluding carboxylic acids is 1. The Balaban J connectivity index is 2.20. The van der Waals surface area contributed by atoms with E-state index < -0.39 is 0 Å². The van der Waals surface area contributed by atoms with Crippen LogP contribution >= 0.6 is 15.9 Å². The summed E-state index contributed by atoms with van der Waals surface area (Å²) in [7, 11) is 0. The van der Waals surface area contributed by atoms with Gasteiger partial charge in [0, 0.05) is 0 Å². The van der Waals surface area contributed by atoms with Gasteiger partial charge in [0.25, 0.3) is 0 Å². The number of carbonyl (C=O) groups is 1. The average Bonchev–Trinajstić information content (AvgIpc) is 2.57. The molecule has 0 amide bonds. The molecule has 2 fully saturated rings. The molecule has 0 N–H and O–H groups in total. The number of Topliss-reactive ketones (excluding diaryl/α,β-unsaturated/α-hetero) is 1. The van der Waals surface area contributed by atoms with Crippen molar-refractivity contribution in [3.63, 3.8) is 0 Å². The summed E-state index contributed by atoms with van der Waals surface area (Å²) < 4.78 is 5.62. The second-order valence-corrected chi connectivity index (χ2v) is 4.81. The zero-order valence-corrected chi connectivity index (χ0v) is 8.82. The van der Waals surface area contributed by atoms with E-state index in [-0.39, 0.29) is 11.0 Å². The van der Waals surface area contributed by atoms with E-state index in [2.05, 4.69) is 22.9 Å². The minimum atomic E-state index is -0.127. The van der Waals surface area contributed by atoms with Crippen molar-refractivity contribution in [3.8, 4) is 0 Å². The fourth-order valence-electron chi connectivity index (χ4n) is 2.42. The number of hydrogen-bond acceptors (Lipinski definition) is 2. The molecule has 1 saturated heterocycles. The highest BCUT2D eigenvalue weighted by Crippen LogP contribution is 2.53. The van der Waals surface area contributed by atoms with Gasteiger partial charge in [-0.2, -0.15) is 0 Å². The standard InChI is InChI=1S/C9H13BrO2/c1-8-2-3-9(5-8,6-12-8)7(11)4-10/h2-6H2,1H3/t8-,9-/m1/s1. The molecule has 0 aromatic rings. The molecule has 0 spiro atoms. The molecule has 0 aromatic carbocycles. The van der Waals surface area contributed by atoms with Gasteiger partial charge in [0.15, 0.2) is 5.78 Å². The molecule has 1 saturated carbocycles. The average molecular weight is 233 g/mol. The van der Waals surface area contributed by atoms with Crippen LogP contribution in [0.1, 0.15) is 26.2 Å². The number of hydrogen-bond donors (Lipinski definition) is 0. The van der Waals surface area contributed by atoms with E-state index in [9.17, 15) is 4.79 Å². The number of ketones is 1. The molecule has 1 aliphatic carbocycles. The van der Waals surface area contributed by atoms with Crippen LogP contribution in [0.3, 0.4) is 0 Å². The van der Waals surface area contributed by atoms with Crippen LogP contribution in [-0.2, 0) is 9.53 Å². The lowest BCUT2D eigenvalue weighted by atomic mass is 9.84. The third-order valence-electron chi connectivity index (χ3n) is 3.25. The Kier molecular flexibility index (Phi) is 1.85. The summed E-state index contributed by atoms with van der Waals surface area (Å²) >= 11 is 3.23. The molecule has 3 heteroatoms. The molecule has 1 heterocycles. The Morgan fingerprint density at radius 2 is 2.33 bits per heavy atom. The molecule has 2 aliphatic rings. The zero-order chi connectivity index (χ0) is 8.82. The maximum atomic E-state index is 11.6. The summed E-state index contributed by atoms with van der Waals surface area (Å²) in [5, 5.41) is 0.479. The summed E-state index contributed by atoms with van der Waals surface area (Å²) in [4.78, 5) is 11.6. The number of rotatable bonds is 2. The maximum absolute atomic E-state index is 11.6. The van der Waals surface area contributed by atoms with E-state index in [1.165, 1.54) is 0 Å². The predicted molar refractivity (Wildman–Crippen MR) is 49.4 cm³/mol. The molecular weight excluding hydrogens is 220 g/mol. The van der Waals surface area contributed by atoms with E-state index in [0.29, 0.717) is 17.7 Å². The summed E-state index contributed by atoms with van der Waals surface area (Å²) in [6, 6.07) is 0. The van der Waals surface area contributed by atoms with Gasteiger partial charge in [0.2, 0.25) is 0 Å². The van der Waals surface area contributed by atoms with Crippen molar-refractivity contribution in [2.24, 2.45) is 5.41 Å². The first-order valence-electron chi connectivity index (χ1n) is 4.34. The van der Waals surface area contributed by atoms with Crippen molar-refractivity contribution in [2.45, 2.75) is 31.8 Å². The van der Waals surface area contributed by atoms with Crippen LogP contribution in [0.25, 0.3) is 0 Å². The zero-order valence-electron chi connectivity index (χ0n) is 7.23. The fraction of sp³-hybridized carbons (Fsp3) is 0.889. The Hall–Kier alpha value is 0.110. The molecule has 2 atom stereocenters. The summed E-state index contributed by atoms with van der Waals surface area (Å²) in [5.41, 5.74) is -0.115. The summed E-state index contributed by atoms with van der Waals surface area (Å²) in [6.07, 6.45) is 3.00. The van der Waals surface area contributed by atoms with Crippen LogP contribution in [0.2, 0.25) is 0 Å². The molecular formula is C9H13BrO2. The minimum Gasteiger partial charge on any atom is -0.374 e. The van der Waals surface area contributed by atoms with Gasteiger partial charge in [0.05, 0.1) is 23.0 Å². The van der Waals surface area contributed by atoms with Gasteiger partial charge in [-0.15, -0.1) is 0 Å². The first kappa shape index (κ1) is 8.70. The Morgan fingerprint density at radius 1 is 1.58 bits per heavy atom. The SMILES string of the molecule is C[C@]12CC[C@](C(=O)CBr)(CO1)C2. The fourth-order valence-corrected chi connectivity index (χ4v) is 3.01. The smallest absolute Gasteiger partial charge is 0.151 e. The van der Waals surface area contributed by atoms with Gasteiger partial charge in [-0.25, -0.2) is 0 Å². The molecule has 0 radical (unpaired) electrons. The van der Waals surface area contributed by atoms with Crippen LogP contribution in [0.4, 0.5) is 0 Å². The normalized spacial score (nSPS) is 45.2. The van der Waals surface area contributed by atoms with Crippen molar-refractivity contribution < 1.29 is 9.53 Å². The third kappa shape index (κ3) is 1.06. The van der Waals surface area contributed by atoms with Crippen molar-refractivity contribution in [3.05, 3.63) is 0 Å². The minimum absolute atomic E-state index is 0.0117. The van der Waals surface area contributed by atoms with Crippen LogP contribution in [0, 0.1) is 5.41 Å². The number of ether oxygens (including phenoxy) is 1. The number of halogens is 1. The van der Waals surface area contributed by atoms with Gasteiger partial charge in [-0.05, 0) is 26.2 Å². The van der Waals surface area contributed by atoms with Crippen LogP contribution in [0.15, 0.2) is 0 Å². The van der Waals surface area contributed by atoms with Gasteiger partial charge >= 0.3 is 0 Å². The van der Waals surface area contributed by atoms with Crippen molar-refractivity contribution in [2.75, 3.05) is 11.9 Å². The Morgan fingerprint density at radius 3 is 2.67 bits per heavy atom. The number of alkyl halides is 1. The predicted octanol–water partition coefficient (Wildman–Crippen LogP) is 1.91. The van der Waals surface area contributed by atoms with Crippen LogP contribution in [-0.4, -0.2) is 23.3 Å².